The van der Waals surface area contributed by atoms with Gasteiger partial charge in [0.15, 0.2) is 5.82 Å². The van der Waals surface area contributed by atoms with E-state index >= 15 is 0 Å². The van der Waals surface area contributed by atoms with Crippen LogP contribution in [0.3, 0.4) is 0 Å². The van der Waals surface area contributed by atoms with E-state index in [4.69, 9.17) is 14.3 Å². The van der Waals surface area contributed by atoms with Crippen LogP contribution >= 0.6 is 0 Å². The topological polar surface area (TPSA) is 160 Å². The predicted octanol–water partition coefficient (Wildman–Crippen LogP) is 2.13. The molecule has 13 nitrogen and oxygen atoms in total. The summed E-state index contributed by atoms with van der Waals surface area (Å²) in [5.74, 6) is -1.21. The summed E-state index contributed by atoms with van der Waals surface area (Å²) in [4.78, 5) is 66.7. The zero-order valence-corrected chi connectivity index (χ0v) is 24.5. The molecule has 0 aliphatic carbocycles. The lowest BCUT2D eigenvalue weighted by Gasteiger charge is -2.35. The van der Waals surface area contributed by atoms with Crippen molar-refractivity contribution in [1.82, 2.24) is 25.2 Å². The Balaban J connectivity index is 1.78. The third kappa shape index (κ3) is 10.1. The molecule has 1 saturated heterocycles. The van der Waals surface area contributed by atoms with Crippen molar-refractivity contribution < 1.29 is 38.6 Å². The molecule has 3 rings (SSSR count). The number of carbonyl (C=O) groups excluding carboxylic acids is 4. The molecule has 0 saturated carbocycles. The van der Waals surface area contributed by atoms with E-state index in [1.54, 1.807) is 39.8 Å². The first-order chi connectivity index (χ1) is 20.0. The SMILES string of the molecule is CCOC(=O)ON1CCN(C(=O)[C@H](CCC(=O)OC(C)(C)C)NC(=O)c2cc(CCO)nc(-c3ccccc3)n2)CC1. The molecule has 228 valence electrons. The number of esters is 1. The Hall–Kier alpha value is -4.10. The first-order valence-corrected chi connectivity index (χ1v) is 13.9. The summed E-state index contributed by atoms with van der Waals surface area (Å²) in [7, 11) is 0. The normalized spacial score (nSPS) is 14.5. The van der Waals surface area contributed by atoms with E-state index in [0.29, 0.717) is 17.1 Å². The van der Waals surface area contributed by atoms with Crippen molar-refractivity contribution in [2.24, 2.45) is 0 Å². The summed E-state index contributed by atoms with van der Waals surface area (Å²) in [5, 5.41) is 13.6. The number of nitrogens with one attached hydrogen (secondary N) is 1. The summed E-state index contributed by atoms with van der Waals surface area (Å²) in [6.07, 6.45) is -0.713. The fraction of sp³-hybridized carbons (Fsp3) is 0.517. The maximum Gasteiger partial charge on any atom is 0.527 e. The predicted molar refractivity (Wildman–Crippen MR) is 151 cm³/mol. The summed E-state index contributed by atoms with van der Waals surface area (Å²) in [6.45, 7) is 7.85. The number of piperazine rings is 1. The Morgan fingerprint density at radius 1 is 1.05 bits per heavy atom. The Morgan fingerprint density at radius 3 is 2.36 bits per heavy atom. The molecule has 1 aromatic heterocycles. The summed E-state index contributed by atoms with van der Waals surface area (Å²) >= 11 is 0. The van der Waals surface area contributed by atoms with Crippen LogP contribution in [-0.4, -0.2) is 100 Å². The number of aliphatic hydroxyl groups excluding tert-OH is 1. The molecule has 2 heterocycles. The number of carbonyl (C=O) groups is 4. The smallest absolute Gasteiger partial charge is 0.460 e. The number of hydrogen-bond acceptors (Lipinski definition) is 11. The van der Waals surface area contributed by atoms with E-state index in [2.05, 4.69) is 15.3 Å². The van der Waals surface area contributed by atoms with Gasteiger partial charge in [-0.1, -0.05) is 30.3 Å². The van der Waals surface area contributed by atoms with Crippen LogP contribution in [-0.2, 0) is 30.3 Å². The molecule has 42 heavy (non-hydrogen) atoms. The average Bonchev–Trinajstić information content (AvgIpc) is 2.95. The van der Waals surface area contributed by atoms with Crippen LogP contribution < -0.4 is 5.32 Å². The van der Waals surface area contributed by atoms with Gasteiger partial charge in [0.05, 0.1) is 19.7 Å². The van der Waals surface area contributed by atoms with Gasteiger partial charge in [-0.2, -0.15) is 0 Å². The second kappa shape index (κ2) is 15.2. The Kier molecular flexibility index (Phi) is 11.7. The van der Waals surface area contributed by atoms with Crippen LogP contribution in [0.4, 0.5) is 4.79 Å². The maximum atomic E-state index is 13.6. The monoisotopic (exact) mass is 585 g/mol. The highest BCUT2D eigenvalue weighted by atomic mass is 16.8. The molecule has 1 fully saturated rings. The molecule has 0 radical (unpaired) electrons. The number of aromatic nitrogens is 2. The quantitative estimate of drug-likeness (QED) is 0.372. The fourth-order valence-corrected chi connectivity index (χ4v) is 4.19. The molecule has 2 N–H and O–H groups in total. The van der Waals surface area contributed by atoms with Crippen molar-refractivity contribution in [3.63, 3.8) is 0 Å². The molecular formula is C29H39N5O8. The van der Waals surface area contributed by atoms with Crippen LogP contribution in [0.25, 0.3) is 11.4 Å². The zero-order chi connectivity index (χ0) is 30.7. The van der Waals surface area contributed by atoms with Crippen LogP contribution in [0, 0.1) is 0 Å². The molecule has 1 atom stereocenters. The fourth-order valence-electron chi connectivity index (χ4n) is 4.19. The lowest BCUT2D eigenvalue weighted by Crippen LogP contribution is -2.55. The van der Waals surface area contributed by atoms with E-state index in [0.717, 1.165) is 0 Å². The van der Waals surface area contributed by atoms with E-state index < -0.39 is 35.6 Å². The van der Waals surface area contributed by atoms with Gasteiger partial charge in [-0.25, -0.2) is 14.8 Å². The van der Waals surface area contributed by atoms with Gasteiger partial charge in [0.25, 0.3) is 5.91 Å². The molecule has 1 aromatic carbocycles. The first kappa shape index (κ1) is 32.4. The molecule has 0 spiro atoms. The van der Waals surface area contributed by atoms with Gasteiger partial charge in [-0.05, 0) is 40.2 Å². The lowest BCUT2D eigenvalue weighted by molar-refractivity contribution is -0.158. The Labute approximate surface area is 245 Å². The number of benzene rings is 1. The van der Waals surface area contributed by atoms with Crippen LogP contribution in [0.2, 0.25) is 0 Å². The highest BCUT2D eigenvalue weighted by Gasteiger charge is 2.31. The molecule has 0 unspecified atom stereocenters. The maximum absolute atomic E-state index is 13.6. The van der Waals surface area contributed by atoms with Crippen molar-refractivity contribution in [3.05, 3.63) is 47.8 Å². The average molecular weight is 586 g/mol. The lowest BCUT2D eigenvalue weighted by atomic mass is 10.1. The van der Waals surface area contributed by atoms with E-state index in [9.17, 15) is 24.3 Å². The Morgan fingerprint density at radius 2 is 1.74 bits per heavy atom. The van der Waals surface area contributed by atoms with Crippen molar-refractivity contribution >= 4 is 23.9 Å². The standard InChI is InChI=1S/C29H39N5O8/c1-5-40-28(39)42-34-16-14-33(15-17-34)27(38)22(11-12-24(36)41-29(2,3)4)32-26(37)23-19-21(13-18-35)30-25(31-23)20-9-7-6-8-10-20/h6-10,19,22,35H,5,11-18H2,1-4H3,(H,32,37)/t22-/m0/s1. The van der Waals surface area contributed by atoms with Gasteiger partial charge in [0, 0.05) is 43.8 Å². The van der Waals surface area contributed by atoms with Crippen molar-refractivity contribution in [1.29, 1.82) is 0 Å². The van der Waals surface area contributed by atoms with Crippen molar-refractivity contribution in [2.45, 2.75) is 58.6 Å². The summed E-state index contributed by atoms with van der Waals surface area (Å²) in [6, 6.07) is 9.51. The molecule has 2 amide bonds. The zero-order valence-electron chi connectivity index (χ0n) is 24.5. The highest BCUT2D eigenvalue weighted by Crippen LogP contribution is 2.17. The number of hydrogen-bond donors (Lipinski definition) is 2. The van der Waals surface area contributed by atoms with Gasteiger partial charge in [0.1, 0.15) is 17.3 Å². The van der Waals surface area contributed by atoms with Gasteiger partial charge >= 0.3 is 12.1 Å². The molecule has 1 aliphatic heterocycles. The van der Waals surface area contributed by atoms with Gasteiger partial charge in [-0.15, -0.1) is 5.06 Å². The van der Waals surface area contributed by atoms with Crippen LogP contribution in [0.1, 0.15) is 56.7 Å². The first-order valence-electron chi connectivity index (χ1n) is 13.9. The molecule has 0 bridgehead atoms. The van der Waals surface area contributed by atoms with Crippen LogP contribution in [0.5, 0.6) is 0 Å². The van der Waals surface area contributed by atoms with Crippen molar-refractivity contribution in [3.8, 4) is 11.4 Å². The minimum absolute atomic E-state index is 0.000843. The molecular weight excluding hydrogens is 546 g/mol. The number of amides is 2. The van der Waals surface area contributed by atoms with Gasteiger partial charge < -0.3 is 29.6 Å². The molecule has 1 aliphatic rings. The second-order valence-corrected chi connectivity index (χ2v) is 10.6. The van der Waals surface area contributed by atoms with Gasteiger partial charge in [0.2, 0.25) is 5.91 Å². The van der Waals surface area contributed by atoms with E-state index in [1.807, 2.05) is 18.2 Å². The molecule has 2 aromatic rings. The minimum Gasteiger partial charge on any atom is -0.460 e. The minimum atomic E-state index is -1.06. The Bertz CT molecular complexity index is 1230. The third-order valence-corrected chi connectivity index (χ3v) is 6.09. The number of aliphatic hydroxyl groups is 1. The second-order valence-electron chi connectivity index (χ2n) is 10.6. The number of rotatable bonds is 11. The number of hydroxylamine groups is 2. The van der Waals surface area contributed by atoms with E-state index in [-0.39, 0.29) is 64.3 Å². The largest absolute Gasteiger partial charge is 0.527 e. The number of nitrogens with zero attached hydrogens (tertiary/aromatic N) is 4. The van der Waals surface area contributed by atoms with Gasteiger partial charge in [-0.3, -0.25) is 14.4 Å². The summed E-state index contributed by atoms with van der Waals surface area (Å²) < 4.78 is 10.2. The number of ether oxygens (including phenoxy) is 2. The molecule has 13 heteroatoms. The third-order valence-electron chi connectivity index (χ3n) is 6.09. The highest BCUT2D eigenvalue weighted by molar-refractivity contribution is 5.96. The van der Waals surface area contributed by atoms with Crippen molar-refractivity contribution in [2.75, 3.05) is 39.4 Å². The van der Waals surface area contributed by atoms with Crippen LogP contribution in [0.15, 0.2) is 36.4 Å². The van der Waals surface area contributed by atoms with E-state index in [1.165, 1.54) is 16.0 Å². The summed E-state index contributed by atoms with van der Waals surface area (Å²) in [5.41, 5.74) is 0.472.